The number of hydrogen-bond acceptors (Lipinski definition) is 3. The normalized spacial score (nSPS) is 10.0. The van der Waals surface area contributed by atoms with Gasteiger partial charge >= 0.3 is 0 Å². The zero-order chi connectivity index (χ0) is 15.4. The molecular weight excluding hydrogens is 266 g/mol. The molecular formula is C16H17N3O2. The number of amides is 2. The van der Waals surface area contributed by atoms with Gasteiger partial charge in [-0.15, -0.1) is 0 Å². The van der Waals surface area contributed by atoms with Crippen LogP contribution in [0, 0.1) is 13.8 Å². The minimum Gasteiger partial charge on any atom is -0.326 e. The molecule has 2 rings (SSSR count). The third kappa shape index (κ3) is 4.14. The van der Waals surface area contributed by atoms with Gasteiger partial charge in [0.25, 0.3) is 5.91 Å². The van der Waals surface area contributed by atoms with Crippen molar-refractivity contribution in [3.63, 3.8) is 0 Å². The van der Waals surface area contributed by atoms with Gasteiger partial charge in [0.1, 0.15) is 5.82 Å². The average Bonchev–Trinajstić information content (AvgIpc) is 2.37. The van der Waals surface area contributed by atoms with Crippen molar-refractivity contribution < 1.29 is 9.59 Å². The third-order valence-corrected chi connectivity index (χ3v) is 2.81. The van der Waals surface area contributed by atoms with E-state index < -0.39 is 0 Å². The molecule has 1 aromatic carbocycles. The molecule has 0 aliphatic rings. The van der Waals surface area contributed by atoms with Gasteiger partial charge in [-0.25, -0.2) is 4.98 Å². The van der Waals surface area contributed by atoms with E-state index in [0.717, 1.165) is 11.3 Å². The summed E-state index contributed by atoms with van der Waals surface area (Å²) >= 11 is 0. The van der Waals surface area contributed by atoms with Crippen molar-refractivity contribution in [2.45, 2.75) is 20.8 Å². The van der Waals surface area contributed by atoms with Crippen LogP contribution in [0.1, 0.15) is 28.5 Å². The fourth-order valence-corrected chi connectivity index (χ4v) is 2.00. The first-order valence-corrected chi connectivity index (χ1v) is 6.58. The standard InChI is InChI=1S/C16H17N3O2/c1-10-8-11(2)17-15(9-10)19-16(21)13-4-6-14(7-5-13)18-12(3)20/h4-9H,1-3H3,(H,18,20)(H,17,19,21). The van der Waals surface area contributed by atoms with Crippen molar-refractivity contribution in [2.75, 3.05) is 10.6 Å². The molecule has 5 heteroatoms. The van der Waals surface area contributed by atoms with Gasteiger partial charge in [-0.05, 0) is 55.8 Å². The van der Waals surface area contributed by atoms with Crippen LogP contribution in [-0.4, -0.2) is 16.8 Å². The van der Waals surface area contributed by atoms with E-state index in [4.69, 9.17) is 0 Å². The second kappa shape index (κ2) is 6.17. The van der Waals surface area contributed by atoms with Crippen LogP contribution in [0.3, 0.4) is 0 Å². The molecule has 1 aromatic heterocycles. The molecule has 0 atom stereocenters. The van der Waals surface area contributed by atoms with Crippen LogP contribution < -0.4 is 10.6 Å². The first-order chi connectivity index (χ1) is 9.94. The molecule has 0 aliphatic carbocycles. The molecule has 21 heavy (non-hydrogen) atoms. The van der Waals surface area contributed by atoms with E-state index in [-0.39, 0.29) is 11.8 Å². The van der Waals surface area contributed by atoms with E-state index in [1.54, 1.807) is 24.3 Å². The van der Waals surface area contributed by atoms with Gasteiger partial charge in [0.05, 0.1) is 0 Å². The number of nitrogens with one attached hydrogen (secondary N) is 2. The molecule has 0 unspecified atom stereocenters. The van der Waals surface area contributed by atoms with Gasteiger partial charge in [0.15, 0.2) is 0 Å². The molecule has 2 N–H and O–H groups in total. The van der Waals surface area contributed by atoms with Gasteiger partial charge in [0, 0.05) is 23.9 Å². The molecule has 0 aliphatic heterocycles. The topological polar surface area (TPSA) is 71.1 Å². The highest BCUT2D eigenvalue weighted by Crippen LogP contribution is 2.13. The number of aryl methyl sites for hydroxylation is 2. The van der Waals surface area contributed by atoms with Gasteiger partial charge in [0.2, 0.25) is 5.91 Å². The Bertz CT molecular complexity index is 658. The monoisotopic (exact) mass is 283 g/mol. The van der Waals surface area contributed by atoms with Crippen molar-refractivity contribution >= 4 is 23.3 Å². The second-order valence-electron chi connectivity index (χ2n) is 4.88. The number of carbonyl (C=O) groups is 2. The van der Waals surface area contributed by atoms with E-state index >= 15 is 0 Å². The molecule has 0 saturated carbocycles. The number of carbonyl (C=O) groups excluding carboxylic acids is 2. The molecule has 0 bridgehead atoms. The first kappa shape index (κ1) is 14.7. The van der Waals surface area contributed by atoms with Crippen molar-refractivity contribution in [1.29, 1.82) is 0 Å². The maximum atomic E-state index is 12.1. The largest absolute Gasteiger partial charge is 0.326 e. The Labute approximate surface area is 123 Å². The van der Waals surface area contributed by atoms with E-state index in [0.29, 0.717) is 17.1 Å². The molecule has 0 radical (unpaired) electrons. The lowest BCUT2D eigenvalue weighted by Gasteiger charge is -2.07. The molecule has 2 aromatic rings. The maximum Gasteiger partial charge on any atom is 0.256 e. The summed E-state index contributed by atoms with van der Waals surface area (Å²) in [6, 6.07) is 10.4. The summed E-state index contributed by atoms with van der Waals surface area (Å²) in [6.07, 6.45) is 0. The van der Waals surface area contributed by atoms with Crippen LogP contribution in [0.25, 0.3) is 0 Å². The fraction of sp³-hybridized carbons (Fsp3) is 0.188. The molecule has 2 amide bonds. The molecule has 0 fully saturated rings. The molecule has 1 heterocycles. The van der Waals surface area contributed by atoms with E-state index in [9.17, 15) is 9.59 Å². The number of hydrogen-bond donors (Lipinski definition) is 2. The van der Waals surface area contributed by atoms with Crippen LogP contribution in [0.4, 0.5) is 11.5 Å². The van der Waals surface area contributed by atoms with Crippen LogP contribution >= 0.6 is 0 Å². The van der Waals surface area contributed by atoms with E-state index in [1.807, 2.05) is 26.0 Å². The highest BCUT2D eigenvalue weighted by atomic mass is 16.2. The summed E-state index contributed by atoms with van der Waals surface area (Å²) in [6.45, 7) is 5.27. The van der Waals surface area contributed by atoms with Gasteiger partial charge in [-0.3, -0.25) is 9.59 Å². The quantitative estimate of drug-likeness (QED) is 0.909. The predicted octanol–water partition coefficient (Wildman–Crippen LogP) is 2.91. The van der Waals surface area contributed by atoms with Gasteiger partial charge in [-0.1, -0.05) is 0 Å². The highest BCUT2D eigenvalue weighted by Gasteiger charge is 2.07. The lowest BCUT2D eigenvalue weighted by Crippen LogP contribution is -2.13. The molecule has 5 nitrogen and oxygen atoms in total. The lowest BCUT2D eigenvalue weighted by molar-refractivity contribution is -0.114. The number of benzene rings is 1. The van der Waals surface area contributed by atoms with Gasteiger partial charge in [-0.2, -0.15) is 0 Å². The Kier molecular flexibility index (Phi) is 4.33. The van der Waals surface area contributed by atoms with Crippen LogP contribution in [-0.2, 0) is 4.79 Å². The lowest BCUT2D eigenvalue weighted by atomic mass is 10.2. The Balaban J connectivity index is 2.11. The third-order valence-electron chi connectivity index (χ3n) is 2.81. The smallest absolute Gasteiger partial charge is 0.256 e. The predicted molar refractivity (Wildman–Crippen MR) is 82.4 cm³/mol. The van der Waals surface area contributed by atoms with E-state index in [2.05, 4.69) is 15.6 Å². The zero-order valence-electron chi connectivity index (χ0n) is 12.2. The van der Waals surface area contributed by atoms with Crippen molar-refractivity contribution in [2.24, 2.45) is 0 Å². The summed E-state index contributed by atoms with van der Waals surface area (Å²) in [4.78, 5) is 27.3. The Morgan fingerprint density at radius 1 is 1.00 bits per heavy atom. The second-order valence-corrected chi connectivity index (χ2v) is 4.88. The Hall–Kier alpha value is -2.69. The number of pyridine rings is 1. The number of rotatable bonds is 3. The summed E-state index contributed by atoms with van der Waals surface area (Å²) < 4.78 is 0. The first-order valence-electron chi connectivity index (χ1n) is 6.58. The minimum atomic E-state index is -0.234. The van der Waals surface area contributed by atoms with Crippen LogP contribution in [0.5, 0.6) is 0 Å². The van der Waals surface area contributed by atoms with Crippen LogP contribution in [0.15, 0.2) is 36.4 Å². The highest BCUT2D eigenvalue weighted by molar-refractivity contribution is 6.04. The molecule has 0 saturated heterocycles. The van der Waals surface area contributed by atoms with Crippen molar-refractivity contribution in [3.05, 3.63) is 53.2 Å². The zero-order valence-corrected chi connectivity index (χ0v) is 12.2. The fourth-order valence-electron chi connectivity index (χ4n) is 2.00. The summed E-state index contributed by atoms with van der Waals surface area (Å²) in [5.74, 6) is 0.150. The summed E-state index contributed by atoms with van der Waals surface area (Å²) in [5.41, 5.74) is 3.05. The number of anilines is 2. The molecule has 108 valence electrons. The van der Waals surface area contributed by atoms with Gasteiger partial charge < -0.3 is 10.6 Å². The Morgan fingerprint density at radius 3 is 2.24 bits per heavy atom. The number of nitrogens with zero attached hydrogens (tertiary/aromatic N) is 1. The summed E-state index contributed by atoms with van der Waals surface area (Å²) in [5, 5.41) is 5.42. The van der Waals surface area contributed by atoms with Crippen molar-refractivity contribution in [1.82, 2.24) is 4.98 Å². The van der Waals surface area contributed by atoms with Crippen LogP contribution in [0.2, 0.25) is 0 Å². The van der Waals surface area contributed by atoms with E-state index in [1.165, 1.54) is 6.92 Å². The molecule has 0 spiro atoms. The number of aromatic nitrogens is 1. The summed E-state index contributed by atoms with van der Waals surface area (Å²) in [7, 11) is 0. The minimum absolute atomic E-state index is 0.147. The SMILES string of the molecule is CC(=O)Nc1ccc(C(=O)Nc2cc(C)cc(C)n2)cc1. The Morgan fingerprint density at radius 2 is 1.67 bits per heavy atom. The average molecular weight is 283 g/mol. The van der Waals surface area contributed by atoms with Crippen molar-refractivity contribution in [3.8, 4) is 0 Å². The maximum absolute atomic E-state index is 12.1.